The number of rotatable bonds is 1. The molecule has 1 aromatic heterocycles. The molecule has 3 N–H and O–H groups in total. The second-order valence-electron chi connectivity index (χ2n) is 3.40. The molecule has 0 fully saturated rings. The molecule has 0 aliphatic rings. The SMILES string of the molecule is Cc1cc(C(=O)O)c2sc(N)nc2c1C. The van der Waals surface area contributed by atoms with E-state index < -0.39 is 5.97 Å². The fraction of sp³-hybridized carbons (Fsp3) is 0.200. The molecule has 2 aromatic rings. The van der Waals surface area contributed by atoms with Gasteiger partial charge in [0.2, 0.25) is 0 Å². The number of anilines is 1. The number of hydrogen-bond acceptors (Lipinski definition) is 4. The van der Waals surface area contributed by atoms with Crippen molar-refractivity contribution in [1.29, 1.82) is 0 Å². The first-order valence-electron chi connectivity index (χ1n) is 4.40. The molecule has 5 heteroatoms. The van der Waals surface area contributed by atoms with E-state index in [1.54, 1.807) is 6.07 Å². The lowest BCUT2D eigenvalue weighted by atomic mass is 10.0. The van der Waals surface area contributed by atoms with Gasteiger partial charge in [-0.25, -0.2) is 9.78 Å². The third-order valence-corrected chi connectivity index (χ3v) is 3.34. The number of nitrogens with two attached hydrogens (primary N) is 1. The van der Waals surface area contributed by atoms with Crippen molar-refractivity contribution in [3.63, 3.8) is 0 Å². The number of carboxylic acid groups (broad SMARTS) is 1. The van der Waals surface area contributed by atoms with Crippen LogP contribution in [0.5, 0.6) is 0 Å². The van der Waals surface area contributed by atoms with E-state index in [9.17, 15) is 4.79 Å². The van der Waals surface area contributed by atoms with Crippen LogP contribution in [0.15, 0.2) is 6.07 Å². The summed E-state index contributed by atoms with van der Waals surface area (Å²) in [5.41, 5.74) is 8.49. The van der Waals surface area contributed by atoms with Gasteiger partial charge in [-0.1, -0.05) is 11.3 Å². The van der Waals surface area contributed by atoms with Gasteiger partial charge in [0.1, 0.15) is 0 Å². The van der Waals surface area contributed by atoms with Gasteiger partial charge in [-0.2, -0.15) is 0 Å². The summed E-state index contributed by atoms with van der Waals surface area (Å²) < 4.78 is 0.656. The average molecular weight is 222 g/mol. The molecule has 78 valence electrons. The third kappa shape index (κ3) is 1.45. The Morgan fingerprint density at radius 3 is 2.80 bits per heavy atom. The standard InChI is InChI=1S/C10H10N2O2S/c1-4-3-6(9(13)14)8-7(5(4)2)12-10(11)15-8/h3H,1-2H3,(H2,11,12)(H,13,14). The van der Waals surface area contributed by atoms with Crippen molar-refractivity contribution >= 4 is 32.7 Å². The van der Waals surface area contributed by atoms with Gasteiger partial charge in [0.25, 0.3) is 0 Å². The molecule has 0 aliphatic heterocycles. The molecule has 0 aliphatic carbocycles. The smallest absolute Gasteiger partial charge is 0.337 e. The quantitative estimate of drug-likeness (QED) is 0.775. The predicted octanol–water partition coefficient (Wildman–Crippen LogP) is 2.19. The molecule has 0 saturated carbocycles. The summed E-state index contributed by atoms with van der Waals surface area (Å²) >= 11 is 1.22. The summed E-state index contributed by atoms with van der Waals surface area (Å²) in [5, 5.41) is 9.45. The zero-order chi connectivity index (χ0) is 11.2. The third-order valence-electron chi connectivity index (χ3n) is 2.43. The van der Waals surface area contributed by atoms with Gasteiger partial charge in [-0.15, -0.1) is 0 Å². The van der Waals surface area contributed by atoms with E-state index in [-0.39, 0.29) is 5.56 Å². The Bertz CT molecular complexity index is 560. The first-order valence-corrected chi connectivity index (χ1v) is 5.22. The Labute approximate surface area is 90.4 Å². The van der Waals surface area contributed by atoms with Crippen molar-refractivity contribution in [2.45, 2.75) is 13.8 Å². The van der Waals surface area contributed by atoms with Crippen LogP contribution in [0.1, 0.15) is 21.5 Å². The maximum absolute atomic E-state index is 11.0. The van der Waals surface area contributed by atoms with Crippen LogP contribution in [0, 0.1) is 13.8 Å². The molecule has 4 nitrogen and oxygen atoms in total. The number of carbonyl (C=O) groups is 1. The van der Waals surface area contributed by atoms with Gasteiger partial charge >= 0.3 is 5.97 Å². The molecule has 0 atom stereocenters. The highest BCUT2D eigenvalue weighted by atomic mass is 32.1. The number of fused-ring (bicyclic) bond motifs is 1. The van der Waals surface area contributed by atoms with Crippen LogP contribution >= 0.6 is 11.3 Å². The van der Waals surface area contributed by atoms with E-state index >= 15 is 0 Å². The van der Waals surface area contributed by atoms with E-state index in [0.717, 1.165) is 11.1 Å². The van der Waals surface area contributed by atoms with Crippen molar-refractivity contribution < 1.29 is 9.90 Å². The first kappa shape index (κ1) is 9.92. The van der Waals surface area contributed by atoms with E-state index in [0.29, 0.717) is 15.3 Å². The van der Waals surface area contributed by atoms with Crippen LogP contribution in [0.2, 0.25) is 0 Å². The fourth-order valence-corrected chi connectivity index (χ4v) is 2.41. The zero-order valence-electron chi connectivity index (χ0n) is 8.37. The Morgan fingerprint density at radius 2 is 2.20 bits per heavy atom. The largest absolute Gasteiger partial charge is 0.478 e. The number of aromatic nitrogens is 1. The lowest BCUT2D eigenvalue weighted by Crippen LogP contribution is -1.98. The number of benzene rings is 1. The lowest BCUT2D eigenvalue weighted by molar-refractivity contribution is 0.0699. The van der Waals surface area contributed by atoms with Gasteiger partial charge < -0.3 is 10.8 Å². The molecule has 0 unspecified atom stereocenters. The number of nitrogen functional groups attached to an aromatic ring is 1. The molecular formula is C10H10N2O2S. The van der Waals surface area contributed by atoms with Gasteiger partial charge in [0, 0.05) is 0 Å². The minimum atomic E-state index is -0.938. The first-order chi connectivity index (χ1) is 7.00. The van der Waals surface area contributed by atoms with Crippen molar-refractivity contribution in [2.24, 2.45) is 0 Å². The molecule has 0 saturated heterocycles. The second kappa shape index (κ2) is 3.20. The molecular weight excluding hydrogens is 212 g/mol. The van der Waals surface area contributed by atoms with Gasteiger partial charge in [0.15, 0.2) is 5.13 Å². The van der Waals surface area contributed by atoms with Gasteiger partial charge in [0.05, 0.1) is 15.8 Å². The number of thiazole rings is 1. The predicted molar refractivity (Wildman–Crippen MR) is 60.5 cm³/mol. The Morgan fingerprint density at radius 1 is 1.53 bits per heavy atom. The van der Waals surface area contributed by atoms with Crippen LogP contribution in [-0.2, 0) is 0 Å². The second-order valence-corrected chi connectivity index (χ2v) is 4.43. The van der Waals surface area contributed by atoms with Crippen LogP contribution in [0.25, 0.3) is 10.2 Å². The maximum Gasteiger partial charge on any atom is 0.337 e. The number of hydrogen-bond donors (Lipinski definition) is 2. The Hall–Kier alpha value is -1.62. The molecule has 0 bridgehead atoms. The maximum atomic E-state index is 11.0. The molecule has 0 radical (unpaired) electrons. The van der Waals surface area contributed by atoms with Crippen LogP contribution < -0.4 is 5.73 Å². The summed E-state index contributed by atoms with van der Waals surface area (Å²) in [6, 6.07) is 1.66. The Kier molecular flexibility index (Phi) is 2.12. The molecule has 0 spiro atoms. The van der Waals surface area contributed by atoms with Crippen LogP contribution in [0.4, 0.5) is 5.13 Å². The summed E-state index contributed by atoms with van der Waals surface area (Å²) in [7, 11) is 0. The average Bonchev–Trinajstić information content (AvgIpc) is 2.53. The molecule has 1 heterocycles. The Balaban J connectivity index is 2.93. The van der Waals surface area contributed by atoms with E-state index in [4.69, 9.17) is 10.8 Å². The summed E-state index contributed by atoms with van der Waals surface area (Å²) in [6.07, 6.45) is 0. The van der Waals surface area contributed by atoms with Crippen molar-refractivity contribution in [2.75, 3.05) is 5.73 Å². The monoisotopic (exact) mass is 222 g/mol. The number of aromatic carboxylic acids is 1. The highest BCUT2D eigenvalue weighted by molar-refractivity contribution is 7.22. The van der Waals surface area contributed by atoms with E-state index in [1.165, 1.54) is 11.3 Å². The van der Waals surface area contributed by atoms with Crippen LogP contribution in [-0.4, -0.2) is 16.1 Å². The number of carboxylic acids is 1. The number of aryl methyl sites for hydroxylation is 2. The van der Waals surface area contributed by atoms with E-state index in [1.807, 2.05) is 13.8 Å². The van der Waals surface area contributed by atoms with Crippen LogP contribution in [0.3, 0.4) is 0 Å². The highest BCUT2D eigenvalue weighted by Gasteiger charge is 2.15. The molecule has 0 amide bonds. The van der Waals surface area contributed by atoms with E-state index in [2.05, 4.69) is 4.98 Å². The van der Waals surface area contributed by atoms with Crippen molar-refractivity contribution in [1.82, 2.24) is 4.98 Å². The fourth-order valence-electron chi connectivity index (χ4n) is 1.51. The van der Waals surface area contributed by atoms with Gasteiger partial charge in [-0.05, 0) is 31.0 Å². The summed E-state index contributed by atoms with van der Waals surface area (Å²) in [4.78, 5) is 15.2. The lowest BCUT2D eigenvalue weighted by Gasteiger charge is -2.03. The molecule has 2 rings (SSSR count). The molecule has 1 aromatic carbocycles. The minimum Gasteiger partial charge on any atom is -0.478 e. The van der Waals surface area contributed by atoms with Crippen molar-refractivity contribution in [3.05, 3.63) is 22.8 Å². The minimum absolute atomic E-state index is 0.280. The number of nitrogens with zero attached hydrogens (tertiary/aromatic N) is 1. The summed E-state index contributed by atoms with van der Waals surface area (Å²) in [5.74, 6) is -0.938. The topological polar surface area (TPSA) is 76.2 Å². The van der Waals surface area contributed by atoms with Crippen molar-refractivity contribution in [3.8, 4) is 0 Å². The summed E-state index contributed by atoms with van der Waals surface area (Å²) in [6.45, 7) is 3.79. The molecule has 15 heavy (non-hydrogen) atoms. The van der Waals surface area contributed by atoms with Gasteiger partial charge in [-0.3, -0.25) is 0 Å². The zero-order valence-corrected chi connectivity index (χ0v) is 9.18. The normalized spacial score (nSPS) is 10.8. The highest BCUT2D eigenvalue weighted by Crippen LogP contribution is 2.31.